The van der Waals surface area contributed by atoms with Crippen molar-refractivity contribution >= 4 is 18.0 Å². The number of ketones is 1. The summed E-state index contributed by atoms with van der Waals surface area (Å²) in [7, 11) is 0. The molecular formula is C15H25N3O3. The summed E-state index contributed by atoms with van der Waals surface area (Å²) in [6, 6.07) is -0.392. The summed E-state index contributed by atoms with van der Waals surface area (Å²) in [5, 5.41) is 0. The Balaban J connectivity index is 2.79. The van der Waals surface area contributed by atoms with Gasteiger partial charge >= 0.3 is 12.2 Å². The number of Topliss-reactive ketones (excluding diaryl/α,β-unsaturated/α-hetero) is 1. The van der Waals surface area contributed by atoms with Gasteiger partial charge in [-0.05, 0) is 40.2 Å². The fourth-order valence-electron chi connectivity index (χ4n) is 2.50. The van der Waals surface area contributed by atoms with Crippen LogP contribution in [0.5, 0.6) is 0 Å². The number of nitrogens with zero attached hydrogens (tertiary/aromatic N) is 3. The quantitative estimate of drug-likeness (QED) is 0.323. The molecule has 2 unspecified atom stereocenters. The van der Waals surface area contributed by atoms with E-state index in [-0.39, 0.29) is 17.7 Å². The van der Waals surface area contributed by atoms with Gasteiger partial charge in [0.1, 0.15) is 11.6 Å². The highest BCUT2D eigenvalue weighted by Gasteiger charge is 2.41. The van der Waals surface area contributed by atoms with E-state index in [1.807, 2.05) is 25.7 Å². The molecule has 0 aromatic rings. The zero-order valence-corrected chi connectivity index (χ0v) is 13.3. The molecule has 1 rings (SSSR count). The first-order valence-corrected chi connectivity index (χ1v) is 7.46. The summed E-state index contributed by atoms with van der Waals surface area (Å²) < 4.78 is 5.44. The summed E-state index contributed by atoms with van der Waals surface area (Å²) in [4.78, 5) is 28.9. The molecule has 1 aliphatic heterocycles. The topological polar surface area (TPSA) is 83.0 Å². The molecule has 21 heavy (non-hydrogen) atoms. The number of likely N-dealkylation sites (tertiary alicyclic amines) is 1. The number of rotatable bonds is 6. The first-order chi connectivity index (χ1) is 9.78. The lowest BCUT2D eigenvalue weighted by Crippen LogP contribution is -2.40. The monoisotopic (exact) mass is 295 g/mol. The van der Waals surface area contributed by atoms with Gasteiger partial charge in [0.25, 0.3) is 0 Å². The van der Waals surface area contributed by atoms with Gasteiger partial charge < -0.3 is 10.3 Å². The van der Waals surface area contributed by atoms with E-state index in [4.69, 9.17) is 10.3 Å². The molecule has 0 aromatic carbocycles. The van der Waals surface area contributed by atoms with Crippen LogP contribution in [0.3, 0.4) is 0 Å². The highest BCUT2D eigenvalue weighted by Crippen LogP contribution is 2.26. The molecule has 0 saturated carbocycles. The van der Waals surface area contributed by atoms with Gasteiger partial charge in [0.05, 0.1) is 0 Å². The maximum absolute atomic E-state index is 12.3. The molecule has 1 saturated heterocycles. The maximum Gasteiger partial charge on any atom is 0.323 e. The van der Waals surface area contributed by atoms with Gasteiger partial charge in [-0.2, -0.15) is 4.79 Å². The molecule has 1 fully saturated rings. The summed E-state index contributed by atoms with van der Waals surface area (Å²) in [5.74, 6) is -0.838. The third-order valence-electron chi connectivity index (χ3n) is 3.47. The van der Waals surface area contributed by atoms with E-state index in [1.54, 1.807) is 0 Å². The van der Waals surface area contributed by atoms with Crippen LogP contribution >= 0.6 is 0 Å². The average molecular weight is 295 g/mol. The Morgan fingerprint density at radius 2 is 2.10 bits per heavy atom. The van der Waals surface area contributed by atoms with E-state index in [1.165, 1.54) is 0 Å². The number of carbonyl (C=O) groups is 2. The Kier molecular flexibility index (Phi) is 6.24. The third kappa shape index (κ3) is 5.40. The van der Waals surface area contributed by atoms with Crippen LogP contribution in [0.4, 0.5) is 0 Å². The summed E-state index contributed by atoms with van der Waals surface area (Å²) in [6.45, 7) is 8.85. The van der Waals surface area contributed by atoms with Crippen molar-refractivity contribution in [2.45, 2.75) is 58.6 Å². The van der Waals surface area contributed by atoms with E-state index >= 15 is 0 Å². The van der Waals surface area contributed by atoms with Crippen molar-refractivity contribution in [2.24, 2.45) is 5.92 Å². The lowest BCUT2D eigenvalue weighted by molar-refractivity contribution is -0.160. The fourth-order valence-corrected chi connectivity index (χ4v) is 2.50. The zero-order valence-electron chi connectivity index (χ0n) is 13.3. The second-order valence-corrected chi connectivity index (χ2v) is 6.48. The van der Waals surface area contributed by atoms with Crippen LogP contribution in [0, 0.1) is 5.92 Å². The lowest BCUT2D eigenvalue weighted by atomic mass is 10.0. The van der Waals surface area contributed by atoms with Crippen molar-refractivity contribution in [3.05, 3.63) is 5.53 Å². The number of ether oxygens (including phenoxy) is 1. The van der Waals surface area contributed by atoms with E-state index in [2.05, 4.69) is 11.7 Å². The minimum absolute atomic E-state index is 0.245. The Morgan fingerprint density at radius 1 is 1.43 bits per heavy atom. The smallest absolute Gasteiger partial charge is 0.323 e. The van der Waals surface area contributed by atoms with Gasteiger partial charge in [-0.3, -0.25) is 14.5 Å². The fraction of sp³-hybridized carbons (Fsp3) is 0.800. The van der Waals surface area contributed by atoms with Crippen molar-refractivity contribution < 1.29 is 19.1 Å². The van der Waals surface area contributed by atoms with Crippen molar-refractivity contribution in [1.82, 2.24) is 4.90 Å². The zero-order chi connectivity index (χ0) is 16.0. The third-order valence-corrected chi connectivity index (χ3v) is 3.47. The van der Waals surface area contributed by atoms with Crippen molar-refractivity contribution in [2.75, 3.05) is 13.1 Å². The van der Waals surface area contributed by atoms with Crippen LogP contribution in [0.2, 0.25) is 0 Å². The van der Waals surface area contributed by atoms with Crippen molar-refractivity contribution in [3.63, 3.8) is 0 Å². The SMILES string of the molecule is CCCCN1CC(C(=O)C=[N+]=[N-])CC1C(=O)OC(C)(C)C. The Labute approximate surface area is 126 Å². The molecule has 118 valence electrons. The van der Waals surface area contributed by atoms with Gasteiger partial charge in [0, 0.05) is 12.5 Å². The highest BCUT2D eigenvalue weighted by atomic mass is 16.6. The molecule has 0 N–H and O–H groups in total. The molecule has 6 nitrogen and oxygen atoms in total. The number of carbonyl (C=O) groups excluding carboxylic acids is 2. The first kappa shape index (κ1) is 17.5. The minimum Gasteiger partial charge on any atom is -0.459 e. The lowest BCUT2D eigenvalue weighted by Gasteiger charge is -2.27. The largest absolute Gasteiger partial charge is 0.459 e. The van der Waals surface area contributed by atoms with Crippen LogP contribution in [0.25, 0.3) is 5.53 Å². The predicted octanol–water partition coefficient (Wildman–Crippen LogP) is 1.69. The van der Waals surface area contributed by atoms with Gasteiger partial charge in [-0.25, -0.2) is 0 Å². The van der Waals surface area contributed by atoms with E-state index < -0.39 is 11.6 Å². The normalized spacial score (nSPS) is 22.7. The molecule has 0 bridgehead atoms. The number of hydrogen-bond donors (Lipinski definition) is 0. The van der Waals surface area contributed by atoms with E-state index in [0.29, 0.717) is 13.0 Å². The van der Waals surface area contributed by atoms with Gasteiger partial charge in [-0.1, -0.05) is 13.3 Å². The first-order valence-electron chi connectivity index (χ1n) is 7.46. The van der Waals surface area contributed by atoms with Gasteiger partial charge in [-0.15, -0.1) is 0 Å². The van der Waals surface area contributed by atoms with Gasteiger partial charge in [0.2, 0.25) is 5.78 Å². The molecule has 2 atom stereocenters. The van der Waals surface area contributed by atoms with E-state index in [0.717, 1.165) is 25.6 Å². The number of unbranched alkanes of at least 4 members (excludes halogenated alkanes) is 1. The van der Waals surface area contributed by atoms with Crippen LogP contribution < -0.4 is 0 Å². The maximum atomic E-state index is 12.3. The van der Waals surface area contributed by atoms with Crippen molar-refractivity contribution in [3.8, 4) is 0 Å². The Hall–Kier alpha value is -1.52. The Morgan fingerprint density at radius 3 is 2.62 bits per heavy atom. The molecule has 0 aliphatic carbocycles. The molecular weight excluding hydrogens is 270 g/mol. The molecule has 0 spiro atoms. The van der Waals surface area contributed by atoms with E-state index in [9.17, 15) is 9.59 Å². The Bertz CT molecular complexity index is 436. The number of hydrogen-bond acceptors (Lipinski definition) is 4. The van der Waals surface area contributed by atoms with Crippen molar-refractivity contribution in [1.29, 1.82) is 0 Å². The standard InChI is InChI=1S/C15H25N3O3/c1-5-6-7-18-10-11(13(19)9-17-16)8-12(18)14(20)21-15(2,3)4/h9,11-12H,5-8,10H2,1-4H3. The minimum atomic E-state index is -0.540. The molecule has 1 heterocycles. The summed E-state index contributed by atoms with van der Waals surface area (Å²) in [6.07, 6.45) is 3.33. The molecule has 0 amide bonds. The summed E-state index contributed by atoms with van der Waals surface area (Å²) >= 11 is 0. The second-order valence-electron chi connectivity index (χ2n) is 6.48. The van der Waals surface area contributed by atoms with Crippen LogP contribution in [0.15, 0.2) is 0 Å². The molecule has 6 heteroatoms. The van der Waals surface area contributed by atoms with Crippen LogP contribution in [-0.4, -0.2) is 52.4 Å². The summed E-state index contributed by atoms with van der Waals surface area (Å²) in [5.41, 5.74) is 7.94. The number of esters is 1. The molecule has 0 aromatic heterocycles. The molecule has 1 aliphatic rings. The average Bonchev–Trinajstić information content (AvgIpc) is 2.78. The second kappa shape index (κ2) is 7.48. The molecule has 0 radical (unpaired) electrons. The van der Waals surface area contributed by atoms with Gasteiger partial charge in [0.15, 0.2) is 0 Å². The van der Waals surface area contributed by atoms with Crippen LogP contribution in [0.1, 0.15) is 47.0 Å². The predicted molar refractivity (Wildman–Crippen MR) is 78.9 cm³/mol. The highest BCUT2D eigenvalue weighted by molar-refractivity contribution is 6.26. The van der Waals surface area contributed by atoms with Crippen LogP contribution in [-0.2, 0) is 14.3 Å².